The van der Waals surface area contributed by atoms with Crippen molar-refractivity contribution in [1.29, 1.82) is 0 Å². The van der Waals surface area contributed by atoms with Gasteiger partial charge in [0, 0.05) is 24.3 Å². The zero-order valence-corrected chi connectivity index (χ0v) is 11.1. The van der Waals surface area contributed by atoms with Gasteiger partial charge in [0.1, 0.15) is 0 Å². The largest absolute Gasteiger partial charge is 0.399 e. The highest BCUT2D eigenvalue weighted by Gasteiger charge is 2.41. The molecule has 1 amide bonds. The van der Waals surface area contributed by atoms with Gasteiger partial charge in [0.25, 0.3) is 5.91 Å². The molecule has 3 aliphatic rings. The topological polar surface area (TPSA) is 46.3 Å². The van der Waals surface area contributed by atoms with Crippen LogP contribution in [0.3, 0.4) is 0 Å². The van der Waals surface area contributed by atoms with Crippen molar-refractivity contribution in [3.05, 3.63) is 29.3 Å². The minimum absolute atomic E-state index is 0.185. The zero-order valence-electron chi connectivity index (χ0n) is 11.1. The lowest BCUT2D eigenvalue weighted by atomic mass is 9.88. The maximum absolute atomic E-state index is 12.4. The van der Waals surface area contributed by atoms with Gasteiger partial charge in [0.2, 0.25) is 0 Å². The van der Waals surface area contributed by atoms with Gasteiger partial charge in [-0.3, -0.25) is 4.79 Å². The molecule has 1 aromatic carbocycles. The average Bonchev–Trinajstić information content (AvgIpc) is 3.07. The summed E-state index contributed by atoms with van der Waals surface area (Å²) < 4.78 is 0. The number of carbonyl (C=O) groups is 1. The number of nitrogen functional groups attached to an aromatic ring is 1. The van der Waals surface area contributed by atoms with Crippen LogP contribution in [0.25, 0.3) is 0 Å². The van der Waals surface area contributed by atoms with E-state index in [4.69, 9.17) is 5.73 Å². The molecular formula is C16H20N2O. The number of hydrogen-bond acceptors (Lipinski definition) is 2. The summed E-state index contributed by atoms with van der Waals surface area (Å²) in [5.74, 6) is 2.76. The Morgan fingerprint density at radius 1 is 1.26 bits per heavy atom. The number of nitrogens with two attached hydrogens (primary N) is 1. The minimum Gasteiger partial charge on any atom is -0.399 e. The molecule has 0 spiro atoms. The monoisotopic (exact) mass is 256 g/mol. The SMILES string of the molecule is Nc1ccc2c(c1)C(=O)N(CC1CC3CCC1C3)C2. The average molecular weight is 256 g/mol. The first-order valence-corrected chi connectivity index (χ1v) is 7.38. The van der Waals surface area contributed by atoms with E-state index in [-0.39, 0.29) is 5.91 Å². The lowest BCUT2D eigenvalue weighted by molar-refractivity contribution is 0.0730. The molecule has 4 rings (SSSR count). The second-order valence-corrected chi connectivity index (χ2v) is 6.54. The molecule has 1 heterocycles. The van der Waals surface area contributed by atoms with Crippen LogP contribution in [0.4, 0.5) is 5.69 Å². The molecule has 1 aliphatic heterocycles. The van der Waals surface area contributed by atoms with Gasteiger partial charge < -0.3 is 10.6 Å². The van der Waals surface area contributed by atoms with Crippen LogP contribution in [0.15, 0.2) is 18.2 Å². The molecule has 2 bridgehead atoms. The molecule has 0 saturated heterocycles. The van der Waals surface area contributed by atoms with Gasteiger partial charge in [0.05, 0.1) is 0 Å². The lowest BCUT2D eigenvalue weighted by Crippen LogP contribution is -2.32. The van der Waals surface area contributed by atoms with Gasteiger partial charge in [-0.05, 0) is 54.7 Å². The van der Waals surface area contributed by atoms with Crippen LogP contribution in [0, 0.1) is 17.8 Å². The van der Waals surface area contributed by atoms with Crippen LogP contribution in [0.2, 0.25) is 0 Å². The standard InChI is InChI=1S/C16H20N2O/c17-14-4-3-12-8-18(16(19)15(12)7-14)9-13-6-10-1-2-11(13)5-10/h3-4,7,10-11,13H,1-2,5-6,8-9,17H2. The number of fused-ring (bicyclic) bond motifs is 3. The Bertz CT molecular complexity index is 540. The Morgan fingerprint density at radius 2 is 2.16 bits per heavy atom. The molecule has 0 radical (unpaired) electrons. The van der Waals surface area contributed by atoms with Crippen LogP contribution in [0.1, 0.15) is 41.6 Å². The van der Waals surface area contributed by atoms with E-state index >= 15 is 0 Å². The fourth-order valence-corrected chi connectivity index (χ4v) is 4.41. The van der Waals surface area contributed by atoms with Crippen molar-refractivity contribution in [2.45, 2.75) is 32.2 Å². The summed E-state index contributed by atoms with van der Waals surface area (Å²) in [5, 5.41) is 0. The van der Waals surface area contributed by atoms with Crippen LogP contribution in [-0.2, 0) is 6.54 Å². The third kappa shape index (κ3) is 1.75. The minimum atomic E-state index is 0.185. The second-order valence-electron chi connectivity index (χ2n) is 6.54. The molecule has 3 unspecified atom stereocenters. The Morgan fingerprint density at radius 3 is 2.89 bits per heavy atom. The summed E-state index contributed by atoms with van der Waals surface area (Å²) >= 11 is 0. The van der Waals surface area contributed by atoms with E-state index in [1.807, 2.05) is 23.1 Å². The molecule has 0 aromatic heterocycles. The molecule has 1 aromatic rings. The Hall–Kier alpha value is -1.51. The Kier molecular flexibility index (Phi) is 2.38. The molecule has 3 heteroatoms. The maximum Gasteiger partial charge on any atom is 0.254 e. The molecule has 3 nitrogen and oxygen atoms in total. The molecule has 19 heavy (non-hydrogen) atoms. The summed E-state index contributed by atoms with van der Waals surface area (Å²) in [6, 6.07) is 5.73. The van der Waals surface area contributed by atoms with Crippen LogP contribution < -0.4 is 5.73 Å². The maximum atomic E-state index is 12.4. The Balaban J connectivity index is 1.51. The van der Waals surface area contributed by atoms with Gasteiger partial charge in [0.15, 0.2) is 0 Å². The van der Waals surface area contributed by atoms with E-state index in [9.17, 15) is 4.79 Å². The van der Waals surface area contributed by atoms with Crippen molar-refractivity contribution >= 4 is 11.6 Å². The highest BCUT2D eigenvalue weighted by molar-refractivity contribution is 5.99. The van der Waals surface area contributed by atoms with Crippen molar-refractivity contribution in [3.8, 4) is 0 Å². The first-order chi connectivity index (χ1) is 9.20. The van der Waals surface area contributed by atoms with Crippen LogP contribution in [0.5, 0.6) is 0 Å². The van der Waals surface area contributed by atoms with Gasteiger partial charge in [-0.25, -0.2) is 0 Å². The number of carbonyl (C=O) groups excluding carboxylic acids is 1. The second kappa shape index (κ2) is 3.99. The zero-order chi connectivity index (χ0) is 13.0. The van der Waals surface area contributed by atoms with Gasteiger partial charge in [-0.2, -0.15) is 0 Å². The van der Waals surface area contributed by atoms with Crippen molar-refractivity contribution in [2.75, 3.05) is 12.3 Å². The number of amides is 1. The number of nitrogens with zero attached hydrogens (tertiary/aromatic N) is 1. The van der Waals surface area contributed by atoms with Crippen LogP contribution in [-0.4, -0.2) is 17.4 Å². The molecular weight excluding hydrogens is 236 g/mol. The van der Waals surface area contributed by atoms with Crippen LogP contribution >= 0.6 is 0 Å². The fraction of sp³-hybridized carbons (Fsp3) is 0.562. The molecule has 2 N–H and O–H groups in total. The van der Waals surface area contributed by atoms with Gasteiger partial charge >= 0.3 is 0 Å². The molecule has 100 valence electrons. The predicted molar refractivity (Wildman–Crippen MR) is 74.5 cm³/mol. The van der Waals surface area contributed by atoms with E-state index in [0.29, 0.717) is 5.69 Å². The normalized spacial score (nSPS) is 32.1. The third-order valence-electron chi connectivity index (χ3n) is 5.35. The smallest absolute Gasteiger partial charge is 0.254 e. The highest BCUT2D eigenvalue weighted by Crippen LogP contribution is 2.48. The van der Waals surface area contributed by atoms with Crippen molar-refractivity contribution < 1.29 is 4.79 Å². The summed E-state index contributed by atoms with van der Waals surface area (Å²) in [7, 11) is 0. The predicted octanol–water partition coefficient (Wildman–Crippen LogP) is 2.66. The highest BCUT2D eigenvalue weighted by atomic mass is 16.2. The van der Waals surface area contributed by atoms with E-state index in [2.05, 4.69) is 0 Å². The number of hydrogen-bond donors (Lipinski definition) is 1. The van der Waals surface area contributed by atoms with Gasteiger partial charge in [-0.1, -0.05) is 12.5 Å². The number of benzene rings is 1. The first-order valence-electron chi connectivity index (χ1n) is 7.38. The molecule has 3 atom stereocenters. The lowest BCUT2D eigenvalue weighted by Gasteiger charge is -2.26. The van der Waals surface area contributed by atoms with Crippen molar-refractivity contribution in [2.24, 2.45) is 17.8 Å². The molecule has 2 aliphatic carbocycles. The van der Waals surface area contributed by atoms with Gasteiger partial charge in [-0.15, -0.1) is 0 Å². The van der Waals surface area contributed by atoms with E-state index < -0.39 is 0 Å². The summed E-state index contributed by atoms with van der Waals surface area (Å²) in [6.45, 7) is 1.73. The number of rotatable bonds is 2. The molecule has 2 saturated carbocycles. The van der Waals surface area contributed by atoms with E-state index in [1.54, 1.807) is 0 Å². The van der Waals surface area contributed by atoms with E-state index in [0.717, 1.165) is 42.0 Å². The Labute approximate surface area is 113 Å². The fourth-order valence-electron chi connectivity index (χ4n) is 4.41. The summed E-state index contributed by atoms with van der Waals surface area (Å²) in [4.78, 5) is 14.5. The number of anilines is 1. The van der Waals surface area contributed by atoms with Crippen molar-refractivity contribution in [3.63, 3.8) is 0 Å². The first kappa shape index (κ1) is 11.3. The molecule has 2 fully saturated rings. The third-order valence-corrected chi connectivity index (χ3v) is 5.35. The van der Waals surface area contributed by atoms with Crippen molar-refractivity contribution in [1.82, 2.24) is 4.90 Å². The van der Waals surface area contributed by atoms with E-state index in [1.165, 1.54) is 25.7 Å². The summed E-state index contributed by atoms with van der Waals surface area (Å²) in [5.41, 5.74) is 8.43. The summed E-state index contributed by atoms with van der Waals surface area (Å²) in [6.07, 6.45) is 5.56. The quantitative estimate of drug-likeness (QED) is 0.827.